The van der Waals surface area contributed by atoms with Crippen molar-refractivity contribution in [1.29, 1.82) is 0 Å². The molecule has 1 atom stereocenters. The van der Waals surface area contributed by atoms with E-state index >= 15 is 0 Å². The highest BCUT2D eigenvalue weighted by Gasteiger charge is 2.45. The van der Waals surface area contributed by atoms with E-state index in [0.29, 0.717) is 17.9 Å². The summed E-state index contributed by atoms with van der Waals surface area (Å²) in [6.45, 7) is 8.21. The van der Waals surface area contributed by atoms with Crippen LogP contribution in [0.1, 0.15) is 57.4 Å². The van der Waals surface area contributed by atoms with E-state index < -0.39 is 0 Å². The topological polar surface area (TPSA) is 32.8 Å². The smallest absolute Gasteiger partial charge is 0.228 e. The van der Waals surface area contributed by atoms with Crippen molar-refractivity contribution in [2.24, 2.45) is 11.3 Å². The third-order valence-corrected chi connectivity index (χ3v) is 7.80. The quantitative estimate of drug-likeness (QED) is 0.747. The van der Waals surface area contributed by atoms with Gasteiger partial charge in [0.1, 0.15) is 0 Å². The number of nitrogens with zero attached hydrogens (tertiary/aromatic N) is 2. The average molecular weight is 399 g/mol. The summed E-state index contributed by atoms with van der Waals surface area (Å²) >= 11 is 0. The molecule has 0 aliphatic carbocycles. The second kappa shape index (κ2) is 9.61. The fraction of sp³-hybridized carbons (Fsp3) is 0.720. The Kier molecular flexibility index (Phi) is 6.92. The highest BCUT2D eigenvalue weighted by molar-refractivity contribution is 5.83. The van der Waals surface area contributed by atoms with Gasteiger partial charge in [-0.05, 0) is 69.5 Å². The van der Waals surface area contributed by atoms with Crippen LogP contribution in [-0.4, -0.2) is 61.1 Å². The van der Waals surface area contributed by atoms with Gasteiger partial charge in [0, 0.05) is 37.8 Å². The Labute approximate surface area is 176 Å². The Balaban J connectivity index is 1.37. The van der Waals surface area contributed by atoms with Crippen molar-refractivity contribution in [3.05, 3.63) is 35.9 Å². The zero-order chi connectivity index (χ0) is 20.1. The number of hydrogen-bond acceptors (Lipinski definition) is 3. The molecule has 160 valence electrons. The van der Waals surface area contributed by atoms with Gasteiger partial charge in [0.2, 0.25) is 5.91 Å². The number of piperidine rings is 1. The van der Waals surface area contributed by atoms with Crippen molar-refractivity contribution < 1.29 is 9.53 Å². The predicted molar refractivity (Wildman–Crippen MR) is 117 cm³/mol. The van der Waals surface area contributed by atoms with Gasteiger partial charge < -0.3 is 14.5 Å². The van der Waals surface area contributed by atoms with E-state index in [-0.39, 0.29) is 5.41 Å². The normalized spacial score (nSPS) is 28.4. The summed E-state index contributed by atoms with van der Waals surface area (Å²) in [5, 5.41) is 0. The van der Waals surface area contributed by atoms with Gasteiger partial charge in [-0.1, -0.05) is 43.7 Å². The van der Waals surface area contributed by atoms with Gasteiger partial charge in [-0.15, -0.1) is 0 Å². The molecule has 0 N–H and O–H groups in total. The molecule has 0 saturated carbocycles. The second-order valence-corrected chi connectivity index (χ2v) is 9.56. The van der Waals surface area contributed by atoms with Crippen LogP contribution in [-0.2, 0) is 16.0 Å². The number of carbonyl (C=O) groups is 1. The highest BCUT2D eigenvalue weighted by atomic mass is 16.5. The van der Waals surface area contributed by atoms with Crippen LogP contribution in [0.3, 0.4) is 0 Å². The minimum absolute atomic E-state index is 0.172. The lowest BCUT2D eigenvalue weighted by atomic mass is 9.68. The molecule has 29 heavy (non-hydrogen) atoms. The minimum atomic E-state index is -0.172. The monoisotopic (exact) mass is 398 g/mol. The van der Waals surface area contributed by atoms with Crippen LogP contribution in [0.25, 0.3) is 0 Å². The molecule has 1 aromatic rings. The molecule has 3 aliphatic heterocycles. The van der Waals surface area contributed by atoms with Crippen LogP contribution >= 0.6 is 0 Å². The van der Waals surface area contributed by atoms with Gasteiger partial charge >= 0.3 is 0 Å². The molecule has 0 unspecified atom stereocenters. The fourth-order valence-corrected chi connectivity index (χ4v) is 5.82. The first-order valence-electron chi connectivity index (χ1n) is 11.8. The Morgan fingerprint density at radius 2 is 1.72 bits per heavy atom. The molecule has 1 aromatic carbocycles. The van der Waals surface area contributed by atoms with Gasteiger partial charge in [0.25, 0.3) is 0 Å². The first-order valence-corrected chi connectivity index (χ1v) is 11.8. The molecule has 0 bridgehead atoms. The van der Waals surface area contributed by atoms with Gasteiger partial charge in [-0.2, -0.15) is 0 Å². The van der Waals surface area contributed by atoms with Crippen molar-refractivity contribution in [3.8, 4) is 0 Å². The number of likely N-dealkylation sites (tertiary alicyclic amines) is 2. The lowest BCUT2D eigenvalue weighted by molar-refractivity contribution is -0.145. The Bertz CT molecular complexity index is 650. The summed E-state index contributed by atoms with van der Waals surface area (Å²) in [6, 6.07) is 11.3. The molecule has 3 heterocycles. The Morgan fingerprint density at radius 1 is 1.00 bits per heavy atom. The molecule has 4 rings (SSSR count). The van der Waals surface area contributed by atoms with Gasteiger partial charge in [0.15, 0.2) is 0 Å². The maximum Gasteiger partial charge on any atom is 0.228 e. The molecule has 0 radical (unpaired) electrons. The van der Waals surface area contributed by atoms with Crippen molar-refractivity contribution in [3.63, 3.8) is 0 Å². The van der Waals surface area contributed by atoms with E-state index in [4.69, 9.17) is 4.74 Å². The maximum atomic E-state index is 13.7. The zero-order valence-electron chi connectivity index (χ0n) is 18.2. The third-order valence-electron chi connectivity index (χ3n) is 7.80. The summed E-state index contributed by atoms with van der Waals surface area (Å²) in [4.78, 5) is 18.5. The van der Waals surface area contributed by atoms with Crippen LogP contribution in [0, 0.1) is 11.3 Å². The van der Waals surface area contributed by atoms with Crippen molar-refractivity contribution in [1.82, 2.24) is 9.80 Å². The highest BCUT2D eigenvalue weighted by Crippen LogP contribution is 2.43. The van der Waals surface area contributed by atoms with E-state index in [1.807, 2.05) is 0 Å². The SMILES string of the molecule is C[C@@]1(C2CCN(C3CCOCC3)CC2)CCCCN(CCc2ccccc2)C1=O. The third kappa shape index (κ3) is 4.86. The van der Waals surface area contributed by atoms with Crippen molar-refractivity contribution in [2.75, 3.05) is 39.4 Å². The van der Waals surface area contributed by atoms with E-state index in [9.17, 15) is 4.79 Å². The van der Waals surface area contributed by atoms with Crippen LogP contribution in [0.2, 0.25) is 0 Å². The van der Waals surface area contributed by atoms with Crippen LogP contribution in [0.4, 0.5) is 0 Å². The molecule has 3 fully saturated rings. The molecule has 1 amide bonds. The first-order chi connectivity index (χ1) is 14.2. The molecule has 0 aromatic heterocycles. The summed E-state index contributed by atoms with van der Waals surface area (Å²) in [7, 11) is 0. The molecule has 0 spiro atoms. The van der Waals surface area contributed by atoms with Gasteiger partial charge in [0.05, 0.1) is 0 Å². The summed E-state index contributed by atoms with van der Waals surface area (Å²) in [5.74, 6) is 0.957. The Morgan fingerprint density at radius 3 is 2.45 bits per heavy atom. The molecular weight excluding hydrogens is 360 g/mol. The van der Waals surface area contributed by atoms with E-state index in [1.165, 1.54) is 37.7 Å². The molecule has 3 saturated heterocycles. The minimum Gasteiger partial charge on any atom is -0.381 e. The van der Waals surface area contributed by atoms with Crippen molar-refractivity contribution >= 4 is 5.91 Å². The number of rotatable bonds is 5. The van der Waals surface area contributed by atoms with Crippen LogP contribution in [0.15, 0.2) is 30.3 Å². The number of carbonyl (C=O) groups excluding carboxylic acids is 1. The standard InChI is InChI=1S/C25H38N2O2/c1-25(22-10-17-26(18-11-22)23-12-19-29-20-13-23)14-5-6-15-27(24(25)28)16-9-21-7-3-2-4-8-21/h2-4,7-8,22-23H,5-6,9-20H2,1H3/t25-/m0/s1. The summed E-state index contributed by atoms with van der Waals surface area (Å²) < 4.78 is 5.54. The Hall–Kier alpha value is -1.39. The number of amides is 1. The molecule has 3 aliphatic rings. The van der Waals surface area contributed by atoms with Crippen LogP contribution < -0.4 is 0 Å². The summed E-state index contributed by atoms with van der Waals surface area (Å²) in [6.07, 6.45) is 9.06. The summed E-state index contributed by atoms with van der Waals surface area (Å²) in [5.41, 5.74) is 1.16. The van der Waals surface area contributed by atoms with E-state index in [1.54, 1.807) is 0 Å². The predicted octanol–water partition coefficient (Wildman–Crippen LogP) is 4.14. The number of hydrogen-bond donors (Lipinski definition) is 0. The molecular formula is C25H38N2O2. The largest absolute Gasteiger partial charge is 0.381 e. The van der Waals surface area contributed by atoms with E-state index in [0.717, 1.165) is 58.7 Å². The second-order valence-electron chi connectivity index (χ2n) is 9.56. The number of benzene rings is 1. The van der Waals surface area contributed by atoms with Gasteiger partial charge in [-0.3, -0.25) is 4.79 Å². The van der Waals surface area contributed by atoms with Crippen LogP contribution in [0.5, 0.6) is 0 Å². The van der Waals surface area contributed by atoms with Gasteiger partial charge in [-0.25, -0.2) is 0 Å². The maximum absolute atomic E-state index is 13.7. The number of ether oxygens (including phenoxy) is 1. The lowest BCUT2D eigenvalue weighted by Crippen LogP contribution is -2.51. The molecule has 4 heteroatoms. The fourth-order valence-electron chi connectivity index (χ4n) is 5.82. The van der Waals surface area contributed by atoms with E-state index in [2.05, 4.69) is 47.1 Å². The zero-order valence-corrected chi connectivity index (χ0v) is 18.2. The average Bonchev–Trinajstić information content (AvgIpc) is 2.93. The first kappa shape index (κ1) is 20.9. The molecule has 4 nitrogen and oxygen atoms in total. The lowest BCUT2D eigenvalue weighted by Gasteiger charge is -2.45. The van der Waals surface area contributed by atoms with Crippen molar-refractivity contribution in [2.45, 2.75) is 64.3 Å².